The van der Waals surface area contributed by atoms with E-state index in [1.807, 2.05) is 27.7 Å². The van der Waals surface area contributed by atoms with Gasteiger partial charge in [0, 0.05) is 12.1 Å². The molecule has 0 aromatic carbocycles. The van der Waals surface area contributed by atoms with E-state index >= 15 is 0 Å². The Labute approximate surface area is 135 Å². The van der Waals surface area contributed by atoms with E-state index in [0.29, 0.717) is 11.0 Å². The SMILES string of the molecule is CC[C@@H]1C[C@H]1C(=O)Nc1ncc(B2OC(C)(C)C(C)(C)O2)s1. The average Bonchev–Trinajstić information content (AvgIpc) is 3.02. The van der Waals surface area contributed by atoms with Crippen molar-refractivity contribution in [3.8, 4) is 0 Å². The molecule has 1 aliphatic heterocycles. The van der Waals surface area contributed by atoms with Crippen molar-refractivity contribution in [1.29, 1.82) is 0 Å². The second kappa shape index (κ2) is 5.32. The van der Waals surface area contributed by atoms with E-state index in [-0.39, 0.29) is 23.0 Å². The average molecular weight is 322 g/mol. The van der Waals surface area contributed by atoms with Crippen molar-refractivity contribution in [2.24, 2.45) is 11.8 Å². The quantitative estimate of drug-likeness (QED) is 0.865. The number of carbonyl (C=O) groups is 1. The zero-order valence-corrected chi connectivity index (χ0v) is 14.6. The molecule has 0 unspecified atom stereocenters. The van der Waals surface area contributed by atoms with Gasteiger partial charge in [0.05, 0.1) is 16.0 Å². The molecule has 1 aromatic heterocycles. The fourth-order valence-corrected chi connectivity index (χ4v) is 3.41. The number of nitrogens with one attached hydrogen (secondary N) is 1. The highest BCUT2D eigenvalue weighted by atomic mass is 32.1. The van der Waals surface area contributed by atoms with Gasteiger partial charge in [-0.25, -0.2) is 4.98 Å². The molecular weight excluding hydrogens is 299 g/mol. The third-order valence-electron chi connectivity index (χ3n) is 5.02. The number of nitrogens with zero attached hydrogens (tertiary/aromatic N) is 1. The minimum atomic E-state index is -0.419. The molecule has 2 aliphatic rings. The second-order valence-corrected chi connectivity index (χ2v) is 8.22. The summed E-state index contributed by atoms with van der Waals surface area (Å²) in [5.41, 5.74) is -0.735. The molecule has 1 N–H and O–H groups in total. The normalized spacial score (nSPS) is 28.7. The summed E-state index contributed by atoms with van der Waals surface area (Å²) in [6, 6.07) is 0. The molecule has 1 aliphatic carbocycles. The van der Waals surface area contributed by atoms with Gasteiger partial charge in [0.1, 0.15) is 0 Å². The fourth-order valence-electron chi connectivity index (χ4n) is 2.63. The van der Waals surface area contributed by atoms with Crippen LogP contribution in [-0.2, 0) is 14.1 Å². The van der Waals surface area contributed by atoms with Crippen LogP contribution in [0.25, 0.3) is 0 Å². The van der Waals surface area contributed by atoms with Crippen LogP contribution in [0.15, 0.2) is 6.20 Å². The molecule has 1 saturated heterocycles. The summed E-state index contributed by atoms with van der Waals surface area (Å²) in [5.74, 6) is 0.790. The third-order valence-corrected chi connectivity index (χ3v) is 5.96. The van der Waals surface area contributed by atoms with E-state index in [1.54, 1.807) is 6.20 Å². The lowest BCUT2D eigenvalue weighted by Gasteiger charge is -2.32. The summed E-state index contributed by atoms with van der Waals surface area (Å²) >= 11 is 1.42. The minimum absolute atomic E-state index is 0.0849. The Morgan fingerprint density at radius 3 is 2.59 bits per heavy atom. The molecule has 2 atom stereocenters. The highest BCUT2D eigenvalue weighted by molar-refractivity contribution is 7.25. The lowest BCUT2D eigenvalue weighted by Crippen LogP contribution is -2.41. The number of hydrogen-bond acceptors (Lipinski definition) is 5. The van der Waals surface area contributed by atoms with Crippen molar-refractivity contribution in [2.75, 3.05) is 5.32 Å². The first-order valence-electron chi connectivity index (χ1n) is 7.86. The van der Waals surface area contributed by atoms with Crippen LogP contribution in [0.3, 0.4) is 0 Å². The Morgan fingerprint density at radius 1 is 1.41 bits per heavy atom. The summed E-state index contributed by atoms with van der Waals surface area (Å²) in [7, 11) is -0.419. The Bertz CT molecular complexity index is 571. The van der Waals surface area contributed by atoms with Crippen molar-refractivity contribution < 1.29 is 14.1 Å². The number of aromatic nitrogens is 1. The topological polar surface area (TPSA) is 60.5 Å². The van der Waals surface area contributed by atoms with Crippen LogP contribution in [0.5, 0.6) is 0 Å². The molecule has 1 amide bonds. The van der Waals surface area contributed by atoms with Crippen LogP contribution in [-0.4, -0.2) is 29.2 Å². The van der Waals surface area contributed by atoms with Gasteiger partial charge in [-0.15, -0.1) is 11.3 Å². The van der Waals surface area contributed by atoms with Crippen molar-refractivity contribution in [2.45, 2.75) is 58.7 Å². The standard InChI is InChI=1S/C15H23BN2O3S/c1-6-9-7-10(9)12(19)18-13-17-8-11(22-13)16-20-14(2,3)15(4,5)21-16/h8-10H,6-7H2,1-5H3,(H,17,18,19)/t9-,10-/m1/s1. The smallest absolute Gasteiger partial charge is 0.399 e. The molecule has 0 spiro atoms. The lowest BCUT2D eigenvalue weighted by molar-refractivity contribution is -0.117. The van der Waals surface area contributed by atoms with Crippen molar-refractivity contribution in [3.05, 3.63) is 6.20 Å². The molecule has 120 valence electrons. The number of hydrogen-bond donors (Lipinski definition) is 1. The van der Waals surface area contributed by atoms with E-state index in [2.05, 4.69) is 17.2 Å². The Balaban J connectivity index is 1.64. The fraction of sp³-hybridized carbons (Fsp3) is 0.733. The number of rotatable bonds is 4. The van der Waals surface area contributed by atoms with Crippen molar-refractivity contribution >= 4 is 34.3 Å². The van der Waals surface area contributed by atoms with Crippen molar-refractivity contribution in [1.82, 2.24) is 4.98 Å². The molecular formula is C15H23BN2O3S. The highest BCUT2D eigenvalue weighted by Crippen LogP contribution is 2.42. The molecule has 2 fully saturated rings. The van der Waals surface area contributed by atoms with Gasteiger partial charge in [0.25, 0.3) is 0 Å². The van der Waals surface area contributed by atoms with Gasteiger partial charge in [0.2, 0.25) is 5.91 Å². The molecule has 1 aromatic rings. The van der Waals surface area contributed by atoms with Crippen LogP contribution < -0.4 is 10.1 Å². The minimum Gasteiger partial charge on any atom is -0.399 e. The van der Waals surface area contributed by atoms with Gasteiger partial charge < -0.3 is 14.6 Å². The molecule has 22 heavy (non-hydrogen) atoms. The van der Waals surface area contributed by atoms with E-state index in [0.717, 1.165) is 17.6 Å². The van der Waals surface area contributed by atoms with E-state index in [1.165, 1.54) is 11.3 Å². The third kappa shape index (κ3) is 2.82. The van der Waals surface area contributed by atoms with E-state index < -0.39 is 7.12 Å². The zero-order chi connectivity index (χ0) is 16.1. The van der Waals surface area contributed by atoms with Crippen LogP contribution in [0, 0.1) is 11.8 Å². The first-order chi connectivity index (χ1) is 10.2. The molecule has 1 saturated carbocycles. The van der Waals surface area contributed by atoms with Crippen LogP contribution in [0.2, 0.25) is 0 Å². The number of carbonyl (C=O) groups excluding carboxylic acids is 1. The number of thiazole rings is 1. The zero-order valence-electron chi connectivity index (χ0n) is 13.8. The van der Waals surface area contributed by atoms with Crippen LogP contribution in [0.4, 0.5) is 5.13 Å². The number of anilines is 1. The van der Waals surface area contributed by atoms with Gasteiger partial charge in [-0.1, -0.05) is 13.3 Å². The second-order valence-electron chi connectivity index (χ2n) is 7.16. The predicted octanol–water partition coefficient (Wildman–Crippen LogP) is 2.43. The largest absolute Gasteiger partial charge is 0.507 e. The maximum atomic E-state index is 12.1. The molecule has 0 radical (unpaired) electrons. The van der Waals surface area contributed by atoms with Gasteiger partial charge in [-0.3, -0.25) is 4.79 Å². The summed E-state index contributed by atoms with van der Waals surface area (Å²) < 4.78 is 12.9. The maximum absolute atomic E-state index is 12.1. The van der Waals surface area contributed by atoms with Crippen LogP contribution >= 0.6 is 11.3 Å². The maximum Gasteiger partial charge on any atom is 0.507 e. The predicted molar refractivity (Wildman–Crippen MR) is 88.3 cm³/mol. The van der Waals surface area contributed by atoms with E-state index in [9.17, 15) is 4.79 Å². The lowest BCUT2D eigenvalue weighted by atomic mass is 9.89. The van der Waals surface area contributed by atoms with Gasteiger partial charge >= 0.3 is 7.12 Å². The van der Waals surface area contributed by atoms with Gasteiger partial charge in [0.15, 0.2) is 5.13 Å². The first kappa shape index (κ1) is 16.0. The molecule has 2 heterocycles. The summed E-state index contributed by atoms with van der Waals surface area (Å²) in [6.07, 6.45) is 3.79. The monoisotopic (exact) mass is 322 g/mol. The number of amides is 1. The first-order valence-corrected chi connectivity index (χ1v) is 8.67. The summed E-state index contributed by atoms with van der Waals surface area (Å²) in [5, 5.41) is 3.53. The Kier molecular flexibility index (Phi) is 3.86. The molecule has 3 rings (SSSR count). The molecule has 7 heteroatoms. The van der Waals surface area contributed by atoms with Gasteiger partial charge in [-0.05, 0) is 40.0 Å². The highest BCUT2D eigenvalue weighted by Gasteiger charge is 2.52. The molecule has 5 nitrogen and oxygen atoms in total. The molecule has 0 bridgehead atoms. The van der Waals surface area contributed by atoms with Crippen LogP contribution in [0.1, 0.15) is 47.5 Å². The Hall–Kier alpha value is -0.915. The summed E-state index contributed by atoms with van der Waals surface area (Å²) in [6.45, 7) is 10.2. The summed E-state index contributed by atoms with van der Waals surface area (Å²) in [4.78, 5) is 16.4. The van der Waals surface area contributed by atoms with Crippen molar-refractivity contribution in [3.63, 3.8) is 0 Å². The van der Waals surface area contributed by atoms with E-state index in [4.69, 9.17) is 9.31 Å². The van der Waals surface area contributed by atoms with Gasteiger partial charge in [-0.2, -0.15) is 0 Å². The Morgan fingerprint density at radius 2 is 2.05 bits per heavy atom.